The first-order valence-electron chi connectivity index (χ1n) is 14.3. The van der Waals surface area contributed by atoms with Gasteiger partial charge in [-0.3, -0.25) is 14.5 Å². The summed E-state index contributed by atoms with van der Waals surface area (Å²) < 4.78 is 18.1. The Morgan fingerprint density at radius 1 is 0.956 bits per heavy atom. The van der Waals surface area contributed by atoms with E-state index in [9.17, 15) is 14.9 Å². The summed E-state index contributed by atoms with van der Waals surface area (Å²) in [7, 11) is 3.10. The third-order valence-electron chi connectivity index (χ3n) is 7.46. The minimum atomic E-state index is -0.618. The van der Waals surface area contributed by atoms with Crippen LogP contribution in [0.3, 0.4) is 0 Å². The Balaban J connectivity index is 1.54. The Morgan fingerprint density at radius 2 is 1.69 bits per heavy atom. The molecule has 0 N–H and O–H groups in total. The van der Waals surface area contributed by atoms with E-state index in [1.165, 1.54) is 0 Å². The van der Waals surface area contributed by atoms with Gasteiger partial charge in [0.05, 0.1) is 25.6 Å². The predicted octanol–water partition coefficient (Wildman–Crippen LogP) is 5.96. The maximum Gasteiger partial charge on any atom is 0.271 e. The number of methoxy groups -OCH3 is 2. The molecule has 0 aliphatic carbocycles. The summed E-state index contributed by atoms with van der Waals surface area (Å²) in [6.45, 7) is 5.77. The lowest BCUT2D eigenvalue weighted by atomic mass is 9.93. The van der Waals surface area contributed by atoms with E-state index in [4.69, 9.17) is 19.3 Å². The number of nitrogens with zero attached hydrogens (tertiary/aromatic N) is 4. The highest BCUT2D eigenvalue weighted by molar-refractivity contribution is 6.19. The van der Waals surface area contributed by atoms with Crippen LogP contribution in [-0.2, 0) is 16.0 Å². The molecular formula is C36H32N4O5. The van der Waals surface area contributed by atoms with Gasteiger partial charge in [0.15, 0.2) is 11.5 Å². The number of benzene rings is 3. The molecule has 2 amide bonds. The first kappa shape index (κ1) is 30.6. The minimum absolute atomic E-state index is 0.0747. The molecule has 1 aliphatic rings. The van der Waals surface area contributed by atoms with Crippen LogP contribution in [0, 0.1) is 11.3 Å². The van der Waals surface area contributed by atoms with Crippen LogP contribution in [0.5, 0.6) is 17.2 Å². The van der Waals surface area contributed by atoms with Crippen LogP contribution in [-0.4, -0.2) is 53.9 Å². The number of para-hydroxylation sites is 1. The molecule has 0 radical (unpaired) electrons. The van der Waals surface area contributed by atoms with Crippen LogP contribution in [0.25, 0.3) is 23.0 Å². The van der Waals surface area contributed by atoms with E-state index in [-0.39, 0.29) is 17.7 Å². The Bertz CT molecular complexity index is 1850. The molecular weight excluding hydrogens is 568 g/mol. The summed E-state index contributed by atoms with van der Waals surface area (Å²) in [5, 5.41) is 14.8. The van der Waals surface area contributed by atoms with Gasteiger partial charge in [-0.1, -0.05) is 36.9 Å². The molecule has 9 nitrogen and oxygen atoms in total. The fourth-order valence-corrected chi connectivity index (χ4v) is 5.06. The Hall–Kier alpha value is -5.88. The maximum atomic E-state index is 13.9. The third kappa shape index (κ3) is 6.40. The van der Waals surface area contributed by atoms with Crippen molar-refractivity contribution in [3.8, 4) is 40.3 Å². The number of imide groups is 1. The average molecular weight is 601 g/mol. The Morgan fingerprint density at radius 3 is 2.36 bits per heavy atom. The van der Waals surface area contributed by atoms with Gasteiger partial charge in [-0.15, -0.1) is 0 Å². The standard InChI is InChI=1S/C36H32N4O5/c1-5-19-45-29-14-12-26(13-15-29)34-27(23-40(38-34)28-9-7-6-8-10-28)21-30-24(2)31(22-37)36(42)39(35(30)41)18-17-25-11-16-32(43-3)33(20-25)44-4/h5-16,20-21,23H,1,17-19H2,2-4H3/b30-21+. The van der Waals surface area contributed by atoms with Gasteiger partial charge in [0.25, 0.3) is 11.8 Å². The molecule has 0 saturated carbocycles. The molecule has 226 valence electrons. The van der Waals surface area contributed by atoms with Crippen LogP contribution in [0.4, 0.5) is 0 Å². The number of hydrogen-bond donors (Lipinski definition) is 0. The maximum absolute atomic E-state index is 13.9. The van der Waals surface area contributed by atoms with Crippen LogP contribution in [0.2, 0.25) is 0 Å². The van der Waals surface area contributed by atoms with Gasteiger partial charge in [-0.25, -0.2) is 4.68 Å². The zero-order chi connectivity index (χ0) is 31.9. The molecule has 2 heterocycles. The van der Waals surface area contributed by atoms with E-state index >= 15 is 0 Å². The van der Waals surface area contributed by atoms with Crippen molar-refractivity contribution >= 4 is 17.9 Å². The van der Waals surface area contributed by atoms with Gasteiger partial charge < -0.3 is 14.2 Å². The number of aromatic nitrogens is 2. The van der Waals surface area contributed by atoms with E-state index in [0.717, 1.165) is 21.7 Å². The molecule has 3 aromatic carbocycles. The summed E-state index contributed by atoms with van der Waals surface area (Å²) in [4.78, 5) is 28.4. The molecule has 4 aromatic rings. The van der Waals surface area contributed by atoms with E-state index in [0.29, 0.717) is 47.1 Å². The number of carbonyl (C=O) groups excluding carboxylic acids is 2. The number of hydrogen-bond acceptors (Lipinski definition) is 7. The van der Waals surface area contributed by atoms with E-state index in [2.05, 4.69) is 6.58 Å². The molecule has 0 bridgehead atoms. The lowest BCUT2D eigenvalue weighted by molar-refractivity contribution is -0.140. The van der Waals surface area contributed by atoms with Gasteiger partial charge in [-0.05, 0) is 79.1 Å². The lowest BCUT2D eigenvalue weighted by Crippen LogP contribution is -2.43. The fourth-order valence-electron chi connectivity index (χ4n) is 5.06. The second-order valence-electron chi connectivity index (χ2n) is 10.2. The number of ether oxygens (including phenoxy) is 3. The largest absolute Gasteiger partial charge is 0.493 e. The van der Waals surface area contributed by atoms with Gasteiger partial charge in [-0.2, -0.15) is 10.4 Å². The molecule has 5 rings (SSSR count). The van der Waals surface area contributed by atoms with Crippen molar-refractivity contribution in [1.82, 2.24) is 14.7 Å². The van der Waals surface area contributed by atoms with Crippen molar-refractivity contribution in [3.63, 3.8) is 0 Å². The molecule has 45 heavy (non-hydrogen) atoms. The van der Waals surface area contributed by atoms with E-state index in [1.54, 1.807) is 50.1 Å². The number of carbonyl (C=O) groups is 2. The summed E-state index contributed by atoms with van der Waals surface area (Å²) in [5.74, 6) is 0.706. The second kappa shape index (κ2) is 13.6. The summed E-state index contributed by atoms with van der Waals surface area (Å²) in [6.07, 6.45) is 5.57. The third-order valence-corrected chi connectivity index (χ3v) is 7.46. The molecule has 0 saturated heterocycles. The lowest BCUT2D eigenvalue weighted by Gasteiger charge is -2.27. The second-order valence-corrected chi connectivity index (χ2v) is 10.2. The van der Waals surface area contributed by atoms with Crippen molar-refractivity contribution in [1.29, 1.82) is 5.26 Å². The quantitative estimate of drug-likeness (QED) is 0.119. The van der Waals surface area contributed by atoms with Gasteiger partial charge in [0, 0.05) is 29.4 Å². The topological polar surface area (TPSA) is 107 Å². The molecule has 0 spiro atoms. The first-order chi connectivity index (χ1) is 21.9. The van der Waals surface area contributed by atoms with Crippen LogP contribution < -0.4 is 14.2 Å². The smallest absolute Gasteiger partial charge is 0.271 e. The van der Waals surface area contributed by atoms with Crippen molar-refractivity contribution in [2.45, 2.75) is 13.3 Å². The van der Waals surface area contributed by atoms with Crippen molar-refractivity contribution in [3.05, 3.63) is 119 Å². The molecule has 1 aromatic heterocycles. The summed E-state index contributed by atoms with van der Waals surface area (Å²) in [5.41, 5.74) is 4.24. The van der Waals surface area contributed by atoms with E-state index < -0.39 is 11.8 Å². The highest BCUT2D eigenvalue weighted by Gasteiger charge is 2.35. The normalized spacial score (nSPS) is 14.0. The molecule has 0 fully saturated rings. The predicted molar refractivity (Wildman–Crippen MR) is 171 cm³/mol. The summed E-state index contributed by atoms with van der Waals surface area (Å²) >= 11 is 0. The number of nitriles is 1. The monoisotopic (exact) mass is 600 g/mol. The first-order valence-corrected chi connectivity index (χ1v) is 14.3. The average Bonchev–Trinajstić information content (AvgIpc) is 3.50. The van der Waals surface area contributed by atoms with Crippen LogP contribution in [0.15, 0.2) is 108 Å². The molecule has 0 atom stereocenters. The van der Waals surface area contributed by atoms with Crippen LogP contribution in [0.1, 0.15) is 18.1 Å². The highest BCUT2D eigenvalue weighted by atomic mass is 16.5. The van der Waals surface area contributed by atoms with Gasteiger partial charge >= 0.3 is 0 Å². The zero-order valence-electron chi connectivity index (χ0n) is 25.3. The fraction of sp³-hybridized carbons (Fsp3) is 0.167. The SMILES string of the molecule is C=CCOc1ccc(-c2nn(-c3ccccc3)cc2/C=C2/C(=O)N(CCc3ccc(OC)c(OC)c3)C(=O)C(C#N)=C2C)cc1. The Labute approximate surface area is 261 Å². The number of amides is 2. The Kier molecular flexibility index (Phi) is 9.25. The minimum Gasteiger partial charge on any atom is -0.493 e. The van der Waals surface area contributed by atoms with Gasteiger partial charge in [0.2, 0.25) is 0 Å². The highest BCUT2D eigenvalue weighted by Crippen LogP contribution is 2.33. The number of rotatable bonds is 11. The van der Waals surface area contributed by atoms with Crippen molar-refractivity contribution in [2.24, 2.45) is 0 Å². The molecule has 9 heteroatoms. The van der Waals surface area contributed by atoms with Crippen molar-refractivity contribution in [2.75, 3.05) is 27.4 Å². The molecule has 0 unspecified atom stereocenters. The molecule has 1 aliphatic heterocycles. The van der Waals surface area contributed by atoms with Gasteiger partial charge in [0.1, 0.15) is 24.0 Å². The van der Waals surface area contributed by atoms with E-state index in [1.807, 2.05) is 72.9 Å². The van der Waals surface area contributed by atoms with Crippen LogP contribution >= 0.6 is 0 Å². The van der Waals surface area contributed by atoms with Crippen molar-refractivity contribution < 1.29 is 23.8 Å². The summed E-state index contributed by atoms with van der Waals surface area (Å²) in [6, 6.07) is 24.5. The zero-order valence-corrected chi connectivity index (χ0v) is 25.3.